The van der Waals surface area contributed by atoms with Crippen molar-refractivity contribution in [2.24, 2.45) is 0 Å². The molecule has 1 aromatic carbocycles. The minimum Gasteiger partial charge on any atom is -0.461 e. The predicted molar refractivity (Wildman–Crippen MR) is 61.2 cm³/mol. The van der Waals surface area contributed by atoms with Gasteiger partial charge in [-0.2, -0.15) is 0 Å². The Morgan fingerprint density at radius 2 is 2.00 bits per heavy atom. The molecule has 0 unspecified atom stereocenters. The van der Waals surface area contributed by atoms with Crippen molar-refractivity contribution < 1.29 is 4.42 Å². The van der Waals surface area contributed by atoms with Crippen LogP contribution >= 0.6 is 0 Å². The van der Waals surface area contributed by atoms with Crippen molar-refractivity contribution in [1.82, 2.24) is 0 Å². The van der Waals surface area contributed by atoms with Gasteiger partial charge < -0.3 is 4.42 Å². The first-order chi connectivity index (χ1) is 7.24. The quantitative estimate of drug-likeness (QED) is 0.749. The maximum Gasteiger partial charge on any atom is 0.195 e. The highest BCUT2D eigenvalue weighted by atomic mass is 16.3. The van der Waals surface area contributed by atoms with Gasteiger partial charge in [-0.05, 0) is 25.5 Å². The number of fused-ring (bicyclic) bond motifs is 1. The molecule has 0 fully saturated rings. The minimum absolute atomic E-state index is 0.0975. The van der Waals surface area contributed by atoms with Gasteiger partial charge >= 0.3 is 0 Å². The zero-order valence-electron chi connectivity index (χ0n) is 9.04. The Labute approximate surface area is 88.5 Å². The van der Waals surface area contributed by atoms with E-state index in [9.17, 15) is 4.79 Å². The molecule has 0 amide bonds. The highest BCUT2D eigenvalue weighted by Crippen LogP contribution is 2.15. The Bertz CT molecular complexity index is 538. The fraction of sp³-hybridized carbons (Fsp3) is 0.308. The van der Waals surface area contributed by atoms with Crippen LogP contribution < -0.4 is 5.43 Å². The third-order valence-corrected chi connectivity index (χ3v) is 2.60. The molecule has 0 N–H and O–H groups in total. The van der Waals surface area contributed by atoms with E-state index in [1.165, 1.54) is 0 Å². The molecule has 1 heterocycles. The average molecular weight is 202 g/mol. The summed E-state index contributed by atoms with van der Waals surface area (Å²) in [5.41, 5.74) is 1.53. The van der Waals surface area contributed by atoms with E-state index in [1.807, 2.05) is 31.2 Å². The van der Waals surface area contributed by atoms with Gasteiger partial charge in [0.15, 0.2) is 5.43 Å². The Morgan fingerprint density at radius 1 is 1.27 bits per heavy atom. The molecular formula is C13H14O2. The summed E-state index contributed by atoms with van der Waals surface area (Å²) in [4.78, 5) is 12.0. The van der Waals surface area contributed by atoms with Gasteiger partial charge in [-0.25, -0.2) is 0 Å². The van der Waals surface area contributed by atoms with Crippen molar-refractivity contribution in [1.29, 1.82) is 0 Å². The smallest absolute Gasteiger partial charge is 0.195 e. The van der Waals surface area contributed by atoms with E-state index >= 15 is 0 Å². The van der Waals surface area contributed by atoms with Crippen molar-refractivity contribution in [2.75, 3.05) is 0 Å². The summed E-state index contributed by atoms with van der Waals surface area (Å²) in [6.07, 6.45) is 1.81. The van der Waals surface area contributed by atoms with Crippen LogP contribution in [0.3, 0.4) is 0 Å². The lowest BCUT2D eigenvalue weighted by Crippen LogP contribution is -2.08. The zero-order chi connectivity index (χ0) is 10.8. The van der Waals surface area contributed by atoms with Crippen molar-refractivity contribution in [3.8, 4) is 0 Å². The molecular weight excluding hydrogens is 188 g/mol. The van der Waals surface area contributed by atoms with Crippen molar-refractivity contribution in [3.05, 3.63) is 45.8 Å². The molecule has 2 nitrogen and oxygen atoms in total. The summed E-state index contributed by atoms with van der Waals surface area (Å²) in [6.45, 7) is 3.91. The first kappa shape index (κ1) is 9.97. The molecule has 0 saturated heterocycles. The van der Waals surface area contributed by atoms with Crippen LogP contribution in [0, 0.1) is 6.92 Å². The van der Waals surface area contributed by atoms with Crippen LogP contribution in [0.15, 0.2) is 33.5 Å². The van der Waals surface area contributed by atoms with Crippen LogP contribution in [0.2, 0.25) is 0 Å². The van der Waals surface area contributed by atoms with E-state index in [1.54, 1.807) is 0 Å². The van der Waals surface area contributed by atoms with E-state index in [2.05, 4.69) is 6.92 Å². The predicted octanol–water partition coefficient (Wildman–Crippen LogP) is 3.05. The molecule has 0 radical (unpaired) electrons. The molecule has 2 aromatic rings. The van der Waals surface area contributed by atoms with E-state index < -0.39 is 0 Å². The second kappa shape index (κ2) is 3.89. The van der Waals surface area contributed by atoms with Crippen molar-refractivity contribution in [3.63, 3.8) is 0 Å². The summed E-state index contributed by atoms with van der Waals surface area (Å²) in [5.74, 6) is 0.821. The van der Waals surface area contributed by atoms with E-state index in [4.69, 9.17) is 4.42 Å². The molecule has 15 heavy (non-hydrogen) atoms. The Balaban J connectivity index is 2.77. The lowest BCUT2D eigenvalue weighted by molar-refractivity contribution is 0.525. The lowest BCUT2D eigenvalue weighted by Gasteiger charge is -2.04. The topological polar surface area (TPSA) is 30.2 Å². The number of hydrogen-bond donors (Lipinski definition) is 0. The molecule has 2 heteroatoms. The van der Waals surface area contributed by atoms with Crippen LogP contribution in [-0.4, -0.2) is 0 Å². The van der Waals surface area contributed by atoms with Crippen LogP contribution in [0.4, 0.5) is 0 Å². The third-order valence-electron chi connectivity index (χ3n) is 2.60. The van der Waals surface area contributed by atoms with Crippen molar-refractivity contribution >= 4 is 11.0 Å². The fourth-order valence-electron chi connectivity index (χ4n) is 1.75. The minimum atomic E-state index is 0.0975. The third kappa shape index (κ3) is 1.67. The number of benzene rings is 1. The molecule has 2 rings (SSSR count). The molecule has 0 aliphatic heterocycles. The van der Waals surface area contributed by atoms with Gasteiger partial charge in [0.2, 0.25) is 0 Å². The molecule has 0 spiro atoms. The number of hydrogen-bond acceptors (Lipinski definition) is 2. The van der Waals surface area contributed by atoms with E-state index in [0.717, 1.165) is 24.2 Å². The molecule has 1 aromatic heterocycles. The molecule has 0 aliphatic rings. The second-order valence-corrected chi connectivity index (χ2v) is 3.73. The first-order valence-corrected chi connectivity index (χ1v) is 5.25. The average Bonchev–Trinajstić information content (AvgIpc) is 2.26. The fourth-order valence-corrected chi connectivity index (χ4v) is 1.75. The van der Waals surface area contributed by atoms with Crippen LogP contribution in [0.25, 0.3) is 11.0 Å². The number of aryl methyl sites for hydroxylation is 1. The Kier molecular flexibility index (Phi) is 2.58. The Morgan fingerprint density at radius 3 is 2.73 bits per heavy atom. The van der Waals surface area contributed by atoms with E-state index in [0.29, 0.717) is 11.0 Å². The van der Waals surface area contributed by atoms with Gasteiger partial charge in [0.1, 0.15) is 11.3 Å². The standard InChI is InChI=1S/C13H14O2/c1-3-6-11-9(2)13(14)10-7-4-5-8-12(10)15-11/h4-5,7-8H,3,6H2,1-2H3. The van der Waals surface area contributed by atoms with Gasteiger partial charge in [0.25, 0.3) is 0 Å². The summed E-state index contributed by atoms with van der Waals surface area (Å²) < 4.78 is 5.71. The maximum atomic E-state index is 12.0. The molecule has 0 bridgehead atoms. The van der Waals surface area contributed by atoms with Gasteiger partial charge in [-0.1, -0.05) is 19.1 Å². The molecule has 0 atom stereocenters. The summed E-state index contributed by atoms with van der Waals surface area (Å²) >= 11 is 0. The number of para-hydroxylation sites is 1. The maximum absolute atomic E-state index is 12.0. The molecule has 0 aliphatic carbocycles. The molecule has 78 valence electrons. The second-order valence-electron chi connectivity index (χ2n) is 3.73. The monoisotopic (exact) mass is 202 g/mol. The summed E-state index contributed by atoms with van der Waals surface area (Å²) in [5, 5.41) is 0.676. The van der Waals surface area contributed by atoms with Crippen LogP contribution in [0.5, 0.6) is 0 Å². The highest BCUT2D eigenvalue weighted by Gasteiger charge is 2.08. The normalized spacial score (nSPS) is 10.8. The van der Waals surface area contributed by atoms with E-state index in [-0.39, 0.29) is 5.43 Å². The zero-order valence-corrected chi connectivity index (χ0v) is 9.04. The van der Waals surface area contributed by atoms with Crippen LogP contribution in [-0.2, 0) is 6.42 Å². The van der Waals surface area contributed by atoms with Crippen molar-refractivity contribution in [2.45, 2.75) is 26.7 Å². The lowest BCUT2D eigenvalue weighted by atomic mass is 10.1. The van der Waals surface area contributed by atoms with Gasteiger partial charge in [-0.15, -0.1) is 0 Å². The molecule has 0 saturated carbocycles. The summed E-state index contributed by atoms with van der Waals surface area (Å²) in [7, 11) is 0. The van der Waals surface area contributed by atoms with Crippen LogP contribution in [0.1, 0.15) is 24.7 Å². The number of rotatable bonds is 2. The van der Waals surface area contributed by atoms with Gasteiger partial charge in [0, 0.05) is 12.0 Å². The SMILES string of the molecule is CCCc1oc2ccccc2c(=O)c1C. The summed E-state index contributed by atoms with van der Waals surface area (Å²) in [6, 6.07) is 7.40. The largest absolute Gasteiger partial charge is 0.461 e. The highest BCUT2D eigenvalue weighted by molar-refractivity contribution is 5.76. The first-order valence-electron chi connectivity index (χ1n) is 5.25. The van der Waals surface area contributed by atoms with Gasteiger partial charge in [-0.3, -0.25) is 4.79 Å². The Hall–Kier alpha value is -1.57. The van der Waals surface area contributed by atoms with Gasteiger partial charge in [0.05, 0.1) is 5.39 Å².